The van der Waals surface area contributed by atoms with Crippen LogP contribution in [0, 0.1) is 0 Å². The summed E-state index contributed by atoms with van der Waals surface area (Å²) < 4.78 is 67.4. The molecule has 812 valence electrons. The fourth-order valence-electron chi connectivity index (χ4n) is 21.8. The van der Waals surface area contributed by atoms with E-state index in [0.29, 0.717) is 98.1 Å². The van der Waals surface area contributed by atoms with Crippen molar-refractivity contribution in [2.45, 2.75) is 286 Å². The largest absolute Gasteiger partial charge is 0.373 e. The van der Waals surface area contributed by atoms with Gasteiger partial charge in [-0.3, -0.25) is 44.7 Å². The van der Waals surface area contributed by atoms with Gasteiger partial charge in [0.25, 0.3) is 0 Å². The second-order valence-corrected chi connectivity index (χ2v) is 46.8. The summed E-state index contributed by atoms with van der Waals surface area (Å²) in [5.41, 5.74) is 17.3. The molecule has 147 heavy (non-hydrogen) atoms. The number of nitrogens with zero attached hydrogens (tertiary/aromatic N) is 21. The Labute approximate surface area is 881 Å². The third-order valence-corrected chi connectivity index (χ3v) is 32.7. The molecular formula is C117H183F2N21O7. The highest BCUT2D eigenvalue weighted by molar-refractivity contribution is 5.52. The minimum absolute atomic E-state index is 0.163. The quantitative estimate of drug-likeness (QED) is 0.0411. The van der Waals surface area contributed by atoms with Crippen LogP contribution in [0.5, 0.6) is 0 Å². The average molecular weight is 2030 g/mol. The topological polar surface area (TPSA) is 200 Å². The van der Waals surface area contributed by atoms with E-state index in [0.717, 1.165) is 227 Å². The lowest BCUT2D eigenvalue weighted by Gasteiger charge is -2.40. The lowest BCUT2D eigenvalue weighted by Crippen LogP contribution is -2.55. The Kier molecular flexibility index (Phi) is 40.4. The molecule has 28 nitrogen and oxygen atoms in total. The molecule has 0 amide bonds. The monoisotopic (exact) mass is 2030 g/mol. The Balaban J connectivity index is 0.000000129. The molecule has 16 heterocycles. The molecule has 9 aliphatic heterocycles. The van der Waals surface area contributed by atoms with Gasteiger partial charge in [0.15, 0.2) is 0 Å². The Morgan fingerprint density at radius 2 is 0.456 bits per heavy atom. The SMILES string of the molecule is CC(C)c1ccc(N2CCOC(C3(N(C)C)CC3)C2)cn1.CC(C)c1ccc(N2CCOC(CN3CC(F)C3)C2)cn1.CC(C)c1ccc(N2CCO[C@@H](C3(N(C)C)CC3)C2)cn1.CC(C)c1ccc(N2CCO[C@@H](CN(C)C3CC3)C2)cn1.CC(C)c1ccc(N2CCO[C@@H](CN3CC(F)C3)C2)cn1.CC(C)c1ccc(N2CCO[C@H](C3(N(C)C)CC3)C2)cn1.CC(C)c1ccc(N2CCO[C@H](CN(C)C3CC3)C2)cn1. The number of alkyl halides is 2. The summed E-state index contributed by atoms with van der Waals surface area (Å²) in [6.07, 6.45) is 27.6. The first-order valence-corrected chi connectivity index (χ1v) is 56.0. The fraction of sp³-hybridized carbons (Fsp3) is 0.701. The molecule has 0 radical (unpaired) electrons. The van der Waals surface area contributed by atoms with E-state index < -0.39 is 12.3 Å². The lowest BCUT2D eigenvalue weighted by molar-refractivity contribution is -0.0216. The lowest BCUT2D eigenvalue weighted by atomic mass is 10.1. The van der Waals surface area contributed by atoms with Gasteiger partial charge < -0.3 is 92.0 Å². The van der Waals surface area contributed by atoms with E-state index in [2.05, 4.69) is 342 Å². The van der Waals surface area contributed by atoms with Crippen LogP contribution >= 0.6 is 0 Å². The van der Waals surface area contributed by atoms with Gasteiger partial charge in [0.05, 0.1) is 172 Å². The van der Waals surface area contributed by atoms with Gasteiger partial charge in [-0.25, -0.2) is 8.78 Å². The number of aromatic nitrogens is 7. The summed E-state index contributed by atoms with van der Waals surface area (Å²) >= 11 is 0. The summed E-state index contributed by atoms with van der Waals surface area (Å²) in [6, 6.07) is 31.9. The standard InChI is InChI=1S/5C17H27N3O.2C16H24FN3O/c3*1-13(2)15-6-5-14(11-18-15)20-9-10-21-16(12-20)17(7-8-17)19(3)4;2*1-13(2)17-7-6-15(10-18-17)20-8-9-21-16(12-20)11-19(3)14-4-5-14;2*1-12(2)16-4-3-14(7-18-16)20-5-6-21-15(11-20)10-19-8-13(17)9-19/h3*5-6,11,13,16H,7-10,12H2,1-4H3;2*6-7,10,13-14,16H,4-5,8-9,11-12H2,1-3H3;2*3-4,7,12-13,15H,5-6,8-11H2,1-2H3/t2*16-;;2*16-;15-;/m10.100./s1. The van der Waals surface area contributed by atoms with Gasteiger partial charge in [0.2, 0.25) is 0 Å². The van der Waals surface area contributed by atoms with Crippen LogP contribution in [0.2, 0.25) is 0 Å². The molecule has 0 spiro atoms. The first-order valence-electron chi connectivity index (χ1n) is 56.0. The van der Waals surface area contributed by atoms with E-state index in [-0.39, 0.29) is 28.8 Å². The number of halogens is 2. The predicted octanol–water partition coefficient (Wildman–Crippen LogP) is 16.6. The second kappa shape index (κ2) is 52.5. The van der Waals surface area contributed by atoms with Crippen molar-refractivity contribution in [1.82, 2.24) is 69.2 Å². The second-order valence-electron chi connectivity index (χ2n) is 46.8. The van der Waals surface area contributed by atoms with Crippen molar-refractivity contribution < 1.29 is 41.9 Å². The number of pyridine rings is 7. The smallest absolute Gasteiger partial charge is 0.125 e. The van der Waals surface area contributed by atoms with Crippen LogP contribution < -0.4 is 34.3 Å². The normalized spacial score (nSPS) is 24.1. The first kappa shape index (κ1) is 113. The van der Waals surface area contributed by atoms with Gasteiger partial charge in [0.1, 0.15) is 12.3 Å². The molecule has 5 saturated carbocycles. The fourth-order valence-corrected chi connectivity index (χ4v) is 21.8. The van der Waals surface area contributed by atoms with Crippen molar-refractivity contribution in [3.8, 4) is 0 Å². The highest BCUT2D eigenvalue weighted by Crippen LogP contribution is 2.49. The average Bonchev–Trinajstić information content (AvgIpc) is 1.61. The molecule has 2 unspecified atom stereocenters. The van der Waals surface area contributed by atoms with Crippen molar-refractivity contribution in [3.63, 3.8) is 0 Å². The maximum Gasteiger partial charge on any atom is 0.125 e. The molecular weight excluding hydrogens is 1850 g/mol. The molecule has 9 saturated heterocycles. The highest BCUT2D eigenvalue weighted by Gasteiger charge is 2.56. The van der Waals surface area contributed by atoms with E-state index in [4.69, 9.17) is 33.2 Å². The van der Waals surface area contributed by atoms with Gasteiger partial charge in [-0.2, -0.15) is 0 Å². The van der Waals surface area contributed by atoms with Crippen molar-refractivity contribution >= 4 is 39.8 Å². The van der Waals surface area contributed by atoms with Crippen LogP contribution in [0.3, 0.4) is 0 Å². The molecule has 14 fully saturated rings. The van der Waals surface area contributed by atoms with Crippen molar-refractivity contribution in [2.75, 3.05) is 281 Å². The van der Waals surface area contributed by atoms with E-state index in [9.17, 15) is 8.78 Å². The molecule has 0 bridgehead atoms. The number of likely N-dealkylation sites (tertiary alicyclic amines) is 2. The zero-order valence-corrected chi connectivity index (χ0v) is 93.6. The summed E-state index contributed by atoms with van der Waals surface area (Å²) in [7, 11) is 17.5. The molecule has 0 aromatic carbocycles. The number of likely N-dealkylation sites (N-methyl/N-ethyl adjacent to an activating group) is 5. The molecule has 21 rings (SSSR count). The predicted molar refractivity (Wildman–Crippen MR) is 593 cm³/mol. The molecule has 7 aromatic heterocycles. The Morgan fingerprint density at radius 1 is 0.265 bits per heavy atom. The van der Waals surface area contributed by atoms with E-state index in [1.54, 1.807) is 0 Å². The third kappa shape index (κ3) is 31.4. The highest BCUT2D eigenvalue weighted by atomic mass is 19.1. The Morgan fingerprint density at radius 3 is 0.626 bits per heavy atom. The Hall–Kier alpha value is -8.05. The zero-order valence-electron chi connectivity index (χ0n) is 93.6. The summed E-state index contributed by atoms with van der Waals surface area (Å²) in [6.45, 7) is 55.1. The number of anilines is 7. The zero-order chi connectivity index (χ0) is 104. The van der Waals surface area contributed by atoms with E-state index in [1.807, 2.05) is 43.4 Å². The number of hydrogen-bond donors (Lipinski definition) is 0. The van der Waals surface area contributed by atoms with E-state index in [1.165, 1.54) is 92.6 Å². The summed E-state index contributed by atoms with van der Waals surface area (Å²) in [5, 5.41) is 0. The van der Waals surface area contributed by atoms with Crippen LogP contribution in [0.15, 0.2) is 128 Å². The minimum Gasteiger partial charge on any atom is -0.373 e. The molecule has 0 N–H and O–H groups in total. The van der Waals surface area contributed by atoms with Crippen LogP contribution in [0.25, 0.3) is 0 Å². The van der Waals surface area contributed by atoms with Crippen molar-refractivity contribution in [1.29, 1.82) is 0 Å². The van der Waals surface area contributed by atoms with Gasteiger partial charge >= 0.3 is 0 Å². The molecule has 14 aliphatic rings. The summed E-state index contributed by atoms with van der Waals surface area (Å²) in [5.74, 6) is 3.35. The maximum absolute atomic E-state index is 12.9. The van der Waals surface area contributed by atoms with Gasteiger partial charge in [-0.1, -0.05) is 96.9 Å². The Bertz CT molecular complexity index is 4630. The molecule has 5 aliphatic carbocycles. The molecule has 30 heteroatoms. The van der Waals surface area contributed by atoms with Crippen molar-refractivity contribution in [3.05, 3.63) is 168 Å². The van der Waals surface area contributed by atoms with Gasteiger partial charge in [-0.15, -0.1) is 0 Å². The number of ether oxygens (including phenoxy) is 7. The van der Waals surface area contributed by atoms with E-state index >= 15 is 0 Å². The van der Waals surface area contributed by atoms with Gasteiger partial charge in [0, 0.05) is 213 Å². The van der Waals surface area contributed by atoms with Crippen LogP contribution in [-0.4, -0.2) is 400 Å². The molecule has 7 atom stereocenters. The van der Waals surface area contributed by atoms with Gasteiger partial charge in [-0.05, 0) is 247 Å². The van der Waals surface area contributed by atoms with Crippen LogP contribution in [0.1, 0.15) is 242 Å². The number of rotatable bonds is 30. The van der Waals surface area contributed by atoms with Crippen molar-refractivity contribution in [2.24, 2.45) is 0 Å². The van der Waals surface area contributed by atoms with Crippen LogP contribution in [0.4, 0.5) is 48.6 Å². The minimum atomic E-state index is -0.641. The summed E-state index contributed by atoms with van der Waals surface area (Å²) in [4.78, 5) is 65.0. The number of morpholine rings is 7. The first-order chi connectivity index (χ1) is 70.6. The third-order valence-electron chi connectivity index (χ3n) is 32.7. The number of hydrogen-bond acceptors (Lipinski definition) is 28. The van der Waals surface area contributed by atoms with Crippen LogP contribution in [-0.2, 0) is 33.2 Å². The maximum atomic E-state index is 12.9. The molecule has 7 aromatic rings.